The van der Waals surface area contributed by atoms with Crippen molar-refractivity contribution in [2.45, 2.75) is 18.9 Å². The quantitative estimate of drug-likeness (QED) is 0.706. The Hall–Kier alpha value is -2.59. The van der Waals surface area contributed by atoms with E-state index in [4.69, 9.17) is 9.15 Å². The molecule has 4 rings (SSSR count). The van der Waals surface area contributed by atoms with Crippen LogP contribution >= 0.6 is 0 Å². The Morgan fingerprint density at radius 2 is 2.00 bits per heavy atom. The van der Waals surface area contributed by atoms with E-state index >= 15 is 0 Å². The van der Waals surface area contributed by atoms with Gasteiger partial charge in [-0.3, -0.25) is 4.79 Å². The first kappa shape index (κ1) is 16.9. The average Bonchev–Trinajstić information content (AvgIpc) is 2.67. The normalized spacial score (nSPS) is 19.3. The van der Waals surface area contributed by atoms with Crippen LogP contribution < -0.4 is 10.2 Å². The van der Waals surface area contributed by atoms with Crippen LogP contribution in [0.25, 0.3) is 11.0 Å². The first-order valence-electron chi connectivity index (χ1n) is 9.12. The number of likely N-dealkylation sites (tertiary alicyclic amines) is 1. The second-order valence-electron chi connectivity index (χ2n) is 7.06. The fourth-order valence-electron chi connectivity index (χ4n) is 3.82. The highest BCUT2D eigenvalue weighted by atomic mass is 16.5. The summed E-state index contributed by atoms with van der Waals surface area (Å²) in [5.74, 6) is 1.16. The topological polar surface area (TPSA) is 42.7 Å². The van der Waals surface area contributed by atoms with Crippen molar-refractivity contribution in [3.63, 3.8) is 0 Å². The van der Waals surface area contributed by atoms with Crippen LogP contribution in [0.5, 0.6) is 5.75 Å². The van der Waals surface area contributed by atoms with Crippen LogP contribution in [0.1, 0.15) is 24.5 Å². The standard InChI is InChI=1S/C22H23NO3/c1-23-12-5-8-17(15-23)22(16-6-3-2-4-7-16)26-18-9-10-19-20(24)11-13-25-21(19)14-18/h2-4,6-7,9-11,13-14,17,22H,5,8,12,15H2,1H3. The number of benzene rings is 2. The zero-order valence-corrected chi connectivity index (χ0v) is 14.9. The van der Waals surface area contributed by atoms with Crippen molar-refractivity contribution < 1.29 is 9.15 Å². The summed E-state index contributed by atoms with van der Waals surface area (Å²) in [4.78, 5) is 14.3. The van der Waals surface area contributed by atoms with Crippen LogP contribution in [-0.4, -0.2) is 25.0 Å². The number of hydrogen-bond donors (Lipinski definition) is 0. The van der Waals surface area contributed by atoms with Crippen molar-refractivity contribution >= 4 is 11.0 Å². The lowest BCUT2D eigenvalue weighted by Gasteiger charge is -2.35. The minimum atomic E-state index is -0.0358. The molecule has 0 amide bonds. The molecule has 1 aromatic heterocycles. The number of nitrogens with zero attached hydrogens (tertiary/aromatic N) is 1. The molecule has 134 valence electrons. The maximum absolute atomic E-state index is 11.9. The summed E-state index contributed by atoms with van der Waals surface area (Å²) in [5, 5.41) is 0.577. The van der Waals surface area contributed by atoms with E-state index in [-0.39, 0.29) is 11.5 Å². The van der Waals surface area contributed by atoms with E-state index < -0.39 is 0 Å². The smallest absolute Gasteiger partial charge is 0.192 e. The van der Waals surface area contributed by atoms with E-state index in [9.17, 15) is 4.79 Å². The Balaban J connectivity index is 1.67. The second-order valence-corrected chi connectivity index (χ2v) is 7.06. The predicted molar refractivity (Wildman–Crippen MR) is 103 cm³/mol. The van der Waals surface area contributed by atoms with Crippen LogP contribution in [-0.2, 0) is 0 Å². The van der Waals surface area contributed by atoms with Crippen molar-refractivity contribution in [3.05, 3.63) is 76.6 Å². The van der Waals surface area contributed by atoms with Gasteiger partial charge < -0.3 is 14.1 Å². The van der Waals surface area contributed by atoms with Crippen molar-refractivity contribution in [2.75, 3.05) is 20.1 Å². The van der Waals surface area contributed by atoms with Gasteiger partial charge in [0.25, 0.3) is 0 Å². The van der Waals surface area contributed by atoms with Gasteiger partial charge in [0.05, 0.1) is 11.6 Å². The summed E-state index contributed by atoms with van der Waals surface area (Å²) in [6.45, 7) is 2.15. The molecule has 0 radical (unpaired) electrons. The molecule has 1 aliphatic heterocycles. The van der Waals surface area contributed by atoms with E-state index in [0.29, 0.717) is 16.9 Å². The molecule has 0 N–H and O–H groups in total. The summed E-state index contributed by atoms with van der Waals surface area (Å²) in [6.07, 6.45) is 3.73. The van der Waals surface area contributed by atoms with Gasteiger partial charge in [0.15, 0.2) is 5.43 Å². The molecule has 2 unspecified atom stereocenters. The molecule has 26 heavy (non-hydrogen) atoms. The van der Waals surface area contributed by atoms with Gasteiger partial charge in [-0.2, -0.15) is 0 Å². The minimum Gasteiger partial charge on any atom is -0.485 e. The summed E-state index contributed by atoms with van der Waals surface area (Å²) in [6, 6.07) is 17.3. The SMILES string of the molecule is CN1CCCC(C(Oc2ccc3c(=O)ccoc3c2)c2ccccc2)C1. The molecule has 0 saturated carbocycles. The van der Waals surface area contributed by atoms with Gasteiger partial charge in [0.1, 0.15) is 17.4 Å². The van der Waals surface area contributed by atoms with Gasteiger partial charge in [0.2, 0.25) is 0 Å². The number of hydrogen-bond acceptors (Lipinski definition) is 4. The van der Waals surface area contributed by atoms with Crippen LogP contribution in [0.3, 0.4) is 0 Å². The lowest BCUT2D eigenvalue weighted by molar-refractivity contribution is 0.0777. The average molecular weight is 349 g/mol. The lowest BCUT2D eigenvalue weighted by atomic mass is 9.88. The fourth-order valence-corrected chi connectivity index (χ4v) is 3.82. The zero-order chi connectivity index (χ0) is 17.9. The third kappa shape index (κ3) is 3.51. The number of piperidine rings is 1. The molecule has 1 fully saturated rings. The molecule has 0 spiro atoms. The largest absolute Gasteiger partial charge is 0.485 e. The highest BCUT2D eigenvalue weighted by Gasteiger charge is 2.29. The molecular weight excluding hydrogens is 326 g/mol. The van der Waals surface area contributed by atoms with Gasteiger partial charge in [-0.1, -0.05) is 30.3 Å². The van der Waals surface area contributed by atoms with Gasteiger partial charge in [-0.15, -0.1) is 0 Å². The third-order valence-electron chi connectivity index (χ3n) is 5.11. The van der Waals surface area contributed by atoms with Crippen molar-refractivity contribution in [1.29, 1.82) is 0 Å². The second kappa shape index (κ2) is 7.34. The Kier molecular flexibility index (Phi) is 4.76. The molecule has 2 atom stereocenters. The minimum absolute atomic E-state index is 0.0214. The maximum atomic E-state index is 11.9. The molecule has 1 saturated heterocycles. The van der Waals surface area contributed by atoms with Gasteiger partial charge in [0, 0.05) is 24.6 Å². The molecule has 2 aromatic carbocycles. The van der Waals surface area contributed by atoms with E-state index in [1.165, 1.54) is 24.3 Å². The summed E-state index contributed by atoms with van der Waals surface area (Å²) in [7, 11) is 2.17. The van der Waals surface area contributed by atoms with E-state index in [0.717, 1.165) is 25.3 Å². The molecule has 1 aliphatic rings. The molecule has 4 heteroatoms. The molecule has 0 bridgehead atoms. The predicted octanol–water partition coefficient (Wildman–Crippen LogP) is 4.25. The molecule has 0 aliphatic carbocycles. The monoisotopic (exact) mass is 349 g/mol. The molecular formula is C22H23NO3. The highest BCUT2D eigenvalue weighted by molar-refractivity contribution is 5.77. The Labute approximate surface area is 153 Å². The summed E-state index contributed by atoms with van der Waals surface area (Å²) >= 11 is 0. The lowest BCUT2D eigenvalue weighted by Crippen LogP contribution is -2.36. The highest BCUT2D eigenvalue weighted by Crippen LogP contribution is 2.34. The Morgan fingerprint density at radius 1 is 1.15 bits per heavy atom. The Bertz CT molecular complexity index is 935. The molecule has 4 nitrogen and oxygen atoms in total. The first-order chi connectivity index (χ1) is 12.7. The Morgan fingerprint density at radius 3 is 2.81 bits per heavy atom. The third-order valence-corrected chi connectivity index (χ3v) is 5.11. The van der Waals surface area contributed by atoms with Crippen LogP contribution in [0, 0.1) is 5.92 Å². The maximum Gasteiger partial charge on any atom is 0.192 e. The number of fused-ring (bicyclic) bond motifs is 1. The fraction of sp³-hybridized carbons (Fsp3) is 0.318. The summed E-state index contributed by atoms with van der Waals surface area (Å²) in [5.41, 5.74) is 1.70. The summed E-state index contributed by atoms with van der Waals surface area (Å²) < 4.78 is 11.9. The van der Waals surface area contributed by atoms with Crippen LogP contribution in [0.2, 0.25) is 0 Å². The molecule has 2 heterocycles. The van der Waals surface area contributed by atoms with Crippen LogP contribution in [0.4, 0.5) is 0 Å². The van der Waals surface area contributed by atoms with Crippen molar-refractivity contribution in [1.82, 2.24) is 4.90 Å². The number of ether oxygens (including phenoxy) is 1. The van der Waals surface area contributed by atoms with Gasteiger partial charge in [-0.05, 0) is 44.1 Å². The van der Waals surface area contributed by atoms with Crippen molar-refractivity contribution in [3.8, 4) is 5.75 Å². The zero-order valence-electron chi connectivity index (χ0n) is 14.9. The first-order valence-corrected chi connectivity index (χ1v) is 9.12. The van der Waals surface area contributed by atoms with E-state index in [2.05, 4.69) is 36.2 Å². The van der Waals surface area contributed by atoms with Crippen molar-refractivity contribution in [2.24, 2.45) is 5.92 Å². The molecule has 3 aromatic rings. The van der Waals surface area contributed by atoms with Gasteiger partial charge in [-0.25, -0.2) is 0 Å². The van der Waals surface area contributed by atoms with Gasteiger partial charge >= 0.3 is 0 Å². The van der Waals surface area contributed by atoms with E-state index in [1.54, 1.807) is 6.07 Å². The van der Waals surface area contributed by atoms with Crippen LogP contribution in [0.15, 0.2) is 70.1 Å². The number of rotatable bonds is 4. The van der Waals surface area contributed by atoms with E-state index in [1.807, 2.05) is 18.2 Å².